The van der Waals surface area contributed by atoms with Gasteiger partial charge in [-0.1, -0.05) is 19.8 Å². The van der Waals surface area contributed by atoms with Gasteiger partial charge in [-0.3, -0.25) is 24.3 Å². The van der Waals surface area contributed by atoms with Crippen LogP contribution in [0.2, 0.25) is 0 Å². The summed E-state index contributed by atoms with van der Waals surface area (Å²) >= 11 is 0. The zero-order valence-corrected chi connectivity index (χ0v) is 22.8. The Morgan fingerprint density at radius 1 is 0.972 bits per heavy atom. The van der Waals surface area contributed by atoms with Gasteiger partial charge >= 0.3 is 0 Å². The minimum Gasteiger partial charge on any atom is -0.353 e. The highest BCUT2D eigenvalue weighted by atomic mass is 16.2. The Balaban J connectivity index is 1.09. The highest BCUT2D eigenvalue weighted by Gasteiger charge is 2.45. The van der Waals surface area contributed by atoms with E-state index in [0.29, 0.717) is 19.1 Å². The average molecular weight is 503 g/mol. The summed E-state index contributed by atoms with van der Waals surface area (Å²) in [4.78, 5) is 35.8. The lowest BCUT2D eigenvalue weighted by Crippen LogP contribution is -2.56. The minimum absolute atomic E-state index is 0.0310. The lowest BCUT2D eigenvalue weighted by molar-refractivity contribution is -0.134. The quantitative estimate of drug-likeness (QED) is 0.576. The third-order valence-corrected chi connectivity index (χ3v) is 10.1. The molecule has 8 nitrogen and oxygen atoms in total. The fourth-order valence-corrected chi connectivity index (χ4v) is 7.57. The van der Waals surface area contributed by atoms with Crippen LogP contribution in [0.1, 0.15) is 71.1 Å². The van der Waals surface area contributed by atoms with E-state index in [1.165, 1.54) is 44.9 Å². The summed E-state index contributed by atoms with van der Waals surface area (Å²) in [6, 6.07) is 0.467. The summed E-state index contributed by atoms with van der Waals surface area (Å²) in [5, 5.41) is 6.90. The first-order valence-electron chi connectivity index (χ1n) is 15.0. The number of hydrogen-bond donors (Lipinski definition) is 2. The number of amides is 2. The van der Waals surface area contributed by atoms with Crippen molar-refractivity contribution in [1.82, 2.24) is 30.2 Å². The number of nitrogens with one attached hydrogen (secondary N) is 2. The summed E-state index contributed by atoms with van der Waals surface area (Å²) in [5.41, 5.74) is 0. The zero-order valence-electron chi connectivity index (χ0n) is 22.8. The molecule has 0 radical (unpaired) electrons. The van der Waals surface area contributed by atoms with E-state index >= 15 is 0 Å². The van der Waals surface area contributed by atoms with Crippen molar-refractivity contribution in [2.75, 3.05) is 59.4 Å². The van der Waals surface area contributed by atoms with Crippen molar-refractivity contribution in [2.24, 2.45) is 11.8 Å². The summed E-state index contributed by atoms with van der Waals surface area (Å²) in [6.45, 7) is 9.87. The van der Waals surface area contributed by atoms with Crippen molar-refractivity contribution in [3.8, 4) is 0 Å². The topological polar surface area (TPSA) is 71.2 Å². The van der Waals surface area contributed by atoms with Gasteiger partial charge in [0.05, 0.1) is 6.17 Å². The highest BCUT2D eigenvalue weighted by Crippen LogP contribution is 2.33. The van der Waals surface area contributed by atoms with Crippen molar-refractivity contribution >= 4 is 11.8 Å². The van der Waals surface area contributed by atoms with E-state index in [1.54, 1.807) is 0 Å². The van der Waals surface area contributed by atoms with Crippen LogP contribution in [0.15, 0.2) is 0 Å². The number of piperazine rings is 1. The lowest BCUT2D eigenvalue weighted by Gasteiger charge is -2.41. The molecule has 204 valence electrons. The van der Waals surface area contributed by atoms with Crippen LogP contribution in [0, 0.1) is 11.8 Å². The van der Waals surface area contributed by atoms with Gasteiger partial charge in [0.15, 0.2) is 0 Å². The monoisotopic (exact) mass is 502 g/mol. The van der Waals surface area contributed by atoms with E-state index in [9.17, 15) is 9.59 Å². The van der Waals surface area contributed by atoms with Crippen molar-refractivity contribution in [1.29, 1.82) is 0 Å². The van der Waals surface area contributed by atoms with E-state index in [0.717, 1.165) is 70.5 Å². The number of hydrogen-bond acceptors (Lipinski definition) is 6. The van der Waals surface area contributed by atoms with Crippen molar-refractivity contribution in [3.63, 3.8) is 0 Å². The Labute approximate surface area is 218 Å². The molecule has 1 saturated carbocycles. The number of rotatable bonds is 6. The number of likely N-dealkylation sites (tertiary alicyclic amines) is 1. The van der Waals surface area contributed by atoms with Crippen LogP contribution in [0.25, 0.3) is 0 Å². The second kappa shape index (κ2) is 12.1. The first-order chi connectivity index (χ1) is 17.5. The predicted octanol–water partition coefficient (Wildman–Crippen LogP) is 1.71. The van der Waals surface area contributed by atoms with Crippen LogP contribution in [-0.4, -0.2) is 115 Å². The van der Waals surface area contributed by atoms with Crippen molar-refractivity contribution in [3.05, 3.63) is 0 Å². The molecule has 0 aromatic rings. The molecule has 4 atom stereocenters. The maximum absolute atomic E-state index is 13.2. The van der Waals surface area contributed by atoms with Gasteiger partial charge in [-0.25, -0.2) is 0 Å². The normalized spacial score (nSPS) is 37.4. The molecule has 1 unspecified atom stereocenters. The van der Waals surface area contributed by atoms with Gasteiger partial charge < -0.3 is 15.5 Å². The van der Waals surface area contributed by atoms with Gasteiger partial charge in [0.1, 0.15) is 6.04 Å². The maximum atomic E-state index is 13.2. The standard InChI is InChI=1S/C28H50N6O2/c1-21-6-8-22(9-7-21)20-34-14-12-24-27(34)28(36)30-19-23(31(24)2)10-11-26(35)33-17-15-32(16-18-33)25-5-3-4-13-29-25/h21-25,27,29H,3-20H2,1-2H3,(H,30,36)/t21?,22?,23-,24-,25?,27-/m0/s1. The van der Waals surface area contributed by atoms with E-state index < -0.39 is 0 Å². The fraction of sp³-hybridized carbons (Fsp3) is 0.929. The second-order valence-corrected chi connectivity index (χ2v) is 12.4. The van der Waals surface area contributed by atoms with Gasteiger partial charge in [-0.15, -0.1) is 0 Å². The molecule has 0 spiro atoms. The SMILES string of the molecule is CC1CCC(CN2CC[C@H]3[C@H]2C(=O)NC[C@H](CCC(=O)N2CCN(C4CCCCN4)CC2)N3C)CC1. The molecular formula is C28H50N6O2. The summed E-state index contributed by atoms with van der Waals surface area (Å²) < 4.78 is 0. The van der Waals surface area contributed by atoms with E-state index in [4.69, 9.17) is 0 Å². The fourth-order valence-electron chi connectivity index (χ4n) is 7.57. The van der Waals surface area contributed by atoms with Crippen molar-refractivity contribution < 1.29 is 9.59 Å². The van der Waals surface area contributed by atoms with E-state index in [2.05, 4.69) is 44.2 Å². The van der Waals surface area contributed by atoms with Crippen LogP contribution >= 0.6 is 0 Å². The largest absolute Gasteiger partial charge is 0.353 e. The lowest BCUT2D eigenvalue weighted by atomic mass is 9.82. The van der Waals surface area contributed by atoms with Crippen molar-refractivity contribution in [2.45, 2.75) is 95.4 Å². The molecule has 36 heavy (non-hydrogen) atoms. The van der Waals surface area contributed by atoms with Crippen LogP contribution in [0.3, 0.4) is 0 Å². The number of likely N-dealkylation sites (N-methyl/N-ethyl adjacent to an activating group) is 1. The van der Waals surface area contributed by atoms with E-state index in [-0.39, 0.29) is 29.9 Å². The third-order valence-electron chi connectivity index (χ3n) is 10.1. The molecule has 0 bridgehead atoms. The molecular weight excluding hydrogens is 452 g/mol. The molecule has 4 aliphatic heterocycles. The van der Waals surface area contributed by atoms with Gasteiger partial charge in [-0.05, 0) is 70.4 Å². The van der Waals surface area contributed by atoms with E-state index in [1.807, 2.05) is 0 Å². The Morgan fingerprint density at radius 2 is 1.75 bits per heavy atom. The van der Waals surface area contributed by atoms with Gasteiger partial charge in [0, 0.05) is 64.3 Å². The Kier molecular flexibility index (Phi) is 8.87. The van der Waals surface area contributed by atoms with Gasteiger partial charge in [0.25, 0.3) is 0 Å². The summed E-state index contributed by atoms with van der Waals surface area (Å²) in [6.07, 6.45) is 12.1. The van der Waals surface area contributed by atoms with Gasteiger partial charge in [-0.2, -0.15) is 0 Å². The number of nitrogens with zero attached hydrogens (tertiary/aromatic N) is 4. The summed E-state index contributed by atoms with van der Waals surface area (Å²) in [7, 11) is 2.19. The second-order valence-electron chi connectivity index (χ2n) is 12.4. The maximum Gasteiger partial charge on any atom is 0.239 e. The molecule has 5 rings (SSSR count). The van der Waals surface area contributed by atoms with Gasteiger partial charge in [0.2, 0.25) is 11.8 Å². The number of carbonyl (C=O) groups excluding carboxylic acids is 2. The minimum atomic E-state index is -0.0310. The van der Waals surface area contributed by atoms with Crippen LogP contribution in [0.4, 0.5) is 0 Å². The highest BCUT2D eigenvalue weighted by molar-refractivity contribution is 5.83. The smallest absolute Gasteiger partial charge is 0.239 e. The summed E-state index contributed by atoms with van der Waals surface area (Å²) in [5.74, 6) is 2.09. The number of carbonyl (C=O) groups is 2. The Morgan fingerprint density at radius 3 is 2.47 bits per heavy atom. The molecule has 2 N–H and O–H groups in total. The molecule has 0 aromatic heterocycles. The Bertz CT molecular complexity index is 742. The molecule has 5 fully saturated rings. The van der Waals surface area contributed by atoms with Crippen LogP contribution < -0.4 is 10.6 Å². The van der Waals surface area contributed by atoms with Crippen LogP contribution in [-0.2, 0) is 9.59 Å². The zero-order chi connectivity index (χ0) is 25.1. The molecule has 5 aliphatic rings. The third kappa shape index (κ3) is 6.08. The number of piperidine rings is 1. The first-order valence-corrected chi connectivity index (χ1v) is 15.0. The first kappa shape index (κ1) is 26.4. The molecule has 4 saturated heterocycles. The molecule has 4 heterocycles. The Hall–Kier alpha value is -1.22. The molecule has 0 aromatic carbocycles. The van der Waals surface area contributed by atoms with Crippen LogP contribution in [0.5, 0.6) is 0 Å². The molecule has 2 amide bonds. The molecule has 8 heteroatoms. The average Bonchev–Trinajstić information content (AvgIpc) is 3.28. The number of fused-ring (bicyclic) bond motifs is 1. The molecule has 1 aliphatic carbocycles. The predicted molar refractivity (Wildman–Crippen MR) is 142 cm³/mol.